The number of anilines is 1. The van der Waals surface area contributed by atoms with Crippen LogP contribution in [-0.4, -0.2) is 37.3 Å². The normalized spacial score (nSPS) is 15.3. The highest BCUT2D eigenvalue weighted by molar-refractivity contribution is 5.73. The number of fused-ring (bicyclic) bond motifs is 1. The van der Waals surface area contributed by atoms with Gasteiger partial charge in [-0.3, -0.25) is 4.79 Å². The zero-order valence-corrected chi connectivity index (χ0v) is 11.1. The predicted octanol–water partition coefficient (Wildman–Crippen LogP) is 1.25. The summed E-state index contributed by atoms with van der Waals surface area (Å²) < 4.78 is 5.57. The molecule has 1 aliphatic heterocycles. The first-order valence-corrected chi connectivity index (χ1v) is 6.53. The first-order valence-electron chi connectivity index (χ1n) is 6.53. The van der Waals surface area contributed by atoms with Gasteiger partial charge in [0.2, 0.25) is 0 Å². The van der Waals surface area contributed by atoms with E-state index in [1.54, 1.807) is 0 Å². The zero-order chi connectivity index (χ0) is 13.8. The van der Waals surface area contributed by atoms with Gasteiger partial charge in [-0.2, -0.15) is 0 Å². The van der Waals surface area contributed by atoms with E-state index in [1.807, 2.05) is 24.1 Å². The maximum absolute atomic E-state index is 10.7. The topological polar surface area (TPSA) is 75.8 Å². The molecule has 2 rings (SSSR count). The number of rotatable bonds is 5. The maximum Gasteiger partial charge on any atom is 0.320 e. The van der Waals surface area contributed by atoms with Crippen molar-refractivity contribution in [2.75, 3.05) is 25.1 Å². The minimum atomic E-state index is -0.952. The largest absolute Gasteiger partial charge is 0.493 e. The molecule has 1 aliphatic rings. The number of benzene rings is 1. The third-order valence-electron chi connectivity index (χ3n) is 3.43. The van der Waals surface area contributed by atoms with Crippen LogP contribution >= 0.6 is 0 Å². The highest BCUT2D eigenvalue weighted by atomic mass is 16.5. The molecule has 0 bridgehead atoms. The van der Waals surface area contributed by atoms with Gasteiger partial charge in [0.1, 0.15) is 11.8 Å². The third-order valence-corrected chi connectivity index (χ3v) is 3.43. The molecule has 19 heavy (non-hydrogen) atoms. The van der Waals surface area contributed by atoms with Gasteiger partial charge in [-0.15, -0.1) is 0 Å². The Morgan fingerprint density at radius 3 is 3.11 bits per heavy atom. The minimum absolute atomic E-state index is 0.430. The summed E-state index contributed by atoms with van der Waals surface area (Å²) in [5.41, 5.74) is 7.80. The van der Waals surface area contributed by atoms with Gasteiger partial charge in [-0.05, 0) is 43.0 Å². The number of nitrogens with zero attached hydrogens (tertiary/aromatic N) is 1. The Balaban J connectivity index is 1.99. The first kappa shape index (κ1) is 13.7. The number of aliphatic carboxylic acids is 1. The molecule has 0 saturated heterocycles. The molecule has 0 amide bonds. The molecule has 5 heteroatoms. The lowest BCUT2D eigenvalue weighted by atomic mass is 10.1. The number of carboxylic acids is 1. The molecule has 1 aromatic carbocycles. The Hall–Kier alpha value is -1.75. The minimum Gasteiger partial charge on any atom is -0.493 e. The summed E-state index contributed by atoms with van der Waals surface area (Å²) in [6.07, 6.45) is 2.51. The number of hydrogen-bond acceptors (Lipinski definition) is 4. The Bertz CT molecular complexity index is 462. The molecule has 3 N–H and O–H groups in total. The molecule has 0 saturated carbocycles. The van der Waals surface area contributed by atoms with E-state index in [2.05, 4.69) is 6.07 Å². The smallest absolute Gasteiger partial charge is 0.320 e. The third kappa shape index (κ3) is 3.38. The molecule has 1 atom stereocenters. The predicted molar refractivity (Wildman–Crippen MR) is 73.8 cm³/mol. The fourth-order valence-corrected chi connectivity index (χ4v) is 2.17. The standard InChI is InChI=1S/C14H20N2O3/c1-16(7-6-12(15)14(17)18)11-4-5-13-10(9-11)3-2-8-19-13/h4-5,9,12H,2-3,6-8,15H2,1H3,(H,17,18). The lowest BCUT2D eigenvalue weighted by Crippen LogP contribution is -2.34. The van der Waals surface area contributed by atoms with E-state index in [1.165, 1.54) is 5.56 Å². The first-order chi connectivity index (χ1) is 9.08. The van der Waals surface area contributed by atoms with Crippen molar-refractivity contribution < 1.29 is 14.6 Å². The van der Waals surface area contributed by atoms with Crippen molar-refractivity contribution in [1.82, 2.24) is 0 Å². The number of nitrogens with two attached hydrogens (primary N) is 1. The second-order valence-corrected chi connectivity index (χ2v) is 4.90. The Morgan fingerprint density at radius 1 is 1.58 bits per heavy atom. The monoisotopic (exact) mass is 264 g/mol. The van der Waals surface area contributed by atoms with Gasteiger partial charge < -0.3 is 20.5 Å². The summed E-state index contributed by atoms with van der Waals surface area (Å²) in [5.74, 6) is 0.0119. The van der Waals surface area contributed by atoms with Gasteiger partial charge in [-0.25, -0.2) is 0 Å². The van der Waals surface area contributed by atoms with Crippen molar-refractivity contribution in [3.05, 3.63) is 23.8 Å². The maximum atomic E-state index is 10.7. The summed E-state index contributed by atoms with van der Waals surface area (Å²) in [5, 5.41) is 8.76. The number of ether oxygens (including phenoxy) is 1. The van der Waals surface area contributed by atoms with Crippen LogP contribution in [0.3, 0.4) is 0 Å². The van der Waals surface area contributed by atoms with E-state index in [9.17, 15) is 4.79 Å². The van der Waals surface area contributed by atoms with E-state index < -0.39 is 12.0 Å². The van der Waals surface area contributed by atoms with Gasteiger partial charge in [0.15, 0.2) is 0 Å². The molecule has 0 radical (unpaired) electrons. The second kappa shape index (κ2) is 5.93. The number of carboxylic acid groups (broad SMARTS) is 1. The summed E-state index contributed by atoms with van der Waals surface area (Å²) in [6.45, 7) is 1.41. The molecule has 0 spiro atoms. The lowest BCUT2D eigenvalue weighted by Gasteiger charge is -2.23. The molecule has 0 aromatic heterocycles. The van der Waals surface area contributed by atoms with Crippen LogP contribution in [0.25, 0.3) is 0 Å². The summed E-state index contributed by atoms with van der Waals surface area (Å²) in [6, 6.07) is 5.29. The molecule has 0 aliphatic carbocycles. The van der Waals surface area contributed by atoms with Gasteiger partial charge >= 0.3 is 5.97 Å². The molecule has 1 unspecified atom stereocenters. The van der Waals surface area contributed by atoms with Gasteiger partial charge in [-0.1, -0.05) is 0 Å². The van der Waals surface area contributed by atoms with Crippen molar-refractivity contribution in [1.29, 1.82) is 0 Å². The SMILES string of the molecule is CN(CCC(N)C(=O)O)c1ccc2c(c1)CCCO2. The van der Waals surface area contributed by atoms with E-state index in [0.29, 0.717) is 13.0 Å². The van der Waals surface area contributed by atoms with Crippen molar-refractivity contribution in [2.45, 2.75) is 25.3 Å². The van der Waals surface area contributed by atoms with Crippen molar-refractivity contribution in [3.63, 3.8) is 0 Å². The second-order valence-electron chi connectivity index (χ2n) is 4.90. The highest BCUT2D eigenvalue weighted by Crippen LogP contribution is 2.28. The molecule has 0 fully saturated rings. The van der Waals surface area contributed by atoms with Crippen molar-refractivity contribution >= 4 is 11.7 Å². The average molecular weight is 264 g/mol. The van der Waals surface area contributed by atoms with Crippen LogP contribution in [0, 0.1) is 0 Å². The van der Waals surface area contributed by atoms with Crippen LogP contribution in [-0.2, 0) is 11.2 Å². The van der Waals surface area contributed by atoms with Gasteiger partial charge in [0.05, 0.1) is 6.61 Å². The van der Waals surface area contributed by atoms with Crippen LogP contribution in [0.2, 0.25) is 0 Å². The molecular formula is C14H20N2O3. The average Bonchev–Trinajstić information content (AvgIpc) is 2.43. The molecule has 104 valence electrons. The van der Waals surface area contributed by atoms with Gasteiger partial charge in [0, 0.05) is 19.3 Å². The molecule has 5 nitrogen and oxygen atoms in total. The number of hydrogen-bond donors (Lipinski definition) is 2. The fourth-order valence-electron chi connectivity index (χ4n) is 2.17. The summed E-state index contributed by atoms with van der Waals surface area (Å²) in [7, 11) is 1.94. The van der Waals surface area contributed by atoms with Crippen LogP contribution in [0.15, 0.2) is 18.2 Å². The van der Waals surface area contributed by atoms with Crippen LogP contribution in [0.5, 0.6) is 5.75 Å². The highest BCUT2D eigenvalue weighted by Gasteiger charge is 2.14. The Kier molecular flexibility index (Phi) is 4.27. The lowest BCUT2D eigenvalue weighted by molar-refractivity contribution is -0.138. The van der Waals surface area contributed by atoms with Crippen molar-refractivity contribution in [2.24, 2.45) is 5.73 Å². The zero-order valence-electron chi connectivity index (χ0n) is 11.1. The Morgan fingerprint density at radius 2 is 2.37 bits per heavy atom. The van der Waals surface area contributed by atoms with Crippen molar-refractivity contribution in [3.8, 4) is 5.75 Å². The molecule has 1 heterocycles. The fraction of sp³-hybridized carbons (Fsp3) is 0.500. The summed E-state index contributed by atoms with van der Waals surface area (Å²) >= 11 is 0. The number of aryl methyl sites for hydroxylation is 1. The van der Waals surface area contributed by atoms with Gasteiger partial charge in [0.25, 0.3) is 0 Å². The summed E-state index contributed by atoms with van der Waals surface area (Å²) in [4.78, 5) is 12.7. The van der Waals surface area contributed by atoms with Crippen LogP contribution in [0.1, 0.15) is 18.4 Å². The van der Waals surface area contributed by atoms with E-state index >= 15 is 0 Å². The molecular weight excluding hydrogens is 244 g/mol. The van der Waals surface area contributed by atoms with E-state index in [-0.39, 0.29) is 0 Å². The number of carbonyl (C=O) groups is 1. The van der Waals surface area contributed by atoms with E-state index in [4.69, 9.17) is 15.6 Å². The van der Waals surface area contributed by atoms with Crippen LogP contribution < -0.4 is 15.4 Å². The van der Waals surface area contributed by atoms with E-state index in [0.717, 1.165) is 30.9 Å². The van der Waals surface area contributed by atoms with Crippen LogP contribution in [0.4, 0.5) is 5.69 Å². The molecule has 1 aromatic rings. The Labute approximate surface area is 113 Å². The quantitative estimate of drug-likeness (QED) is 0.837.